The van der Waals surface area contributed by atoms with Gasteiger partial charge in [0.1, 0.15) is 6.54 Å². The second kappa shape index (κ2) is 9.35. The van der Waals surface area contributed by atoms with Gasteiger partial charge in [-0.25, -0.2) is 4.79 Å². The van der Waals surface area contributed by atoms with Gasteiger partial charge in [-0.3, -0.25) is 0 Å². The predicted octanol–water partition coefficient (Wildman–Crippen LogP) is 3.55. The number of esters is 1. The first-order chi connectivity index (χ1) is 10.2. The minimum Gasteiger partial charge on any atom is -0.462 e. The molecule has 116 valence electrons. The summed E-state index contributed by atoms with van der Waals surface area (Å²) in [6.45, 7) is 11.0. The highest BCUT2D eigenvalue weighted by Crippen LogP contribution is 2.15. The Kier molecular flexibility index (Phi) is 7.76. The average molecular weight is 290 g/mol. The standard InChI is InChI=1S/C18H28NO2/c1-4-11-18(20)21-15-10-14-19(5-2,6-3)16-17-12-8-7-9-13-17/h4,7-9,11-13H,5-6,10,14-16H2,1-3H3/q+1. The Bertz CT molecular complexity index is 436. The molecule has 1 aromatic carbocycles. The van der Waals surface area contributed by atoms with Crippen LogP contribution >= 0.6 is 0 Å². The number of benzene rings is 1. The number of quaternary nitrogens is 1. The molecular weight excluding hydrogens is 262 g/mol. The number of carbonyl (C=O) groups is 1. The van der Waals surface area contributed by atoms with Crippen molar-refractivity contribution in [2.75, 3.05) is 26.2 Å². The summed E-state index contributed by atoms with van der Waals surface area (Å²) in [5.41, 5.74) is 1.37. The topological polar surface area (TPSA) is 26.3 Å². The van der Waals surface area contributed by atoms with Crippen molar-refractivity contribution in [1.82, 2.24) is 0 Å². The highest BCUT2D eigenvalue weighted by atomic mass is 16.5. The molecule has 0 aliphatic carbocycles. The van der Waals surface area contributed by atoms with Crippen LogP contribution in [-0.4, -0.2) is 36.7 Å². The summed E-state index contributed by atoms with van der Waals surface area (Å²) >= 11 is 0. The lowest BCUT2D eigenvalue weighted by Crippen LogP contribution is -2.47. The van der Waals surface area contributed by atoms with Gasteiger partial charge < -0.3 is 9.22 Å². The Morgan fingerprint density at radius 1 is 1.19 bits per heavy atom. The molecule has 1 rings (SSSR count). The minimum absolute atomic E-state index is 0.244. The van der Waals surface area contributed by atoms with Crippen LogP contribution in [0.4, 0.5) is 0 Å². The Hall–Kier alpha value is -1.61. The molecule has 0 spiro atoms. The quantitative estimate of drug-likeness (QED) is 0.301. The lowest BCUT2D eigenvalue weighted by Gasteiger charge is -2.37. The minimum atomic E-state index is -0.244. The molecule has 21 heavy (non-hydrogen) atoms. The summed E-state index contributed by atoms with van der Waals surface area (Å²) in [4.78, 5) is 11.3. The van der Waals surface area contributed by atoms with Gasteiger partial charge in [0.2, 0.25) is 0 Å². The molecule has 1 aromatic rings. The van der Waals surface area contributed by atoms with E-state index in [2.05, 4.69) is 44.2 Å². The van der Waals surface area contributed by atoms with E-state index in [4.69, 9.17) is 4.74 Å². The van der Waals surface area contributed by atoms with Crippen molar-refractivity contribution >= 4 is 5.97 Å². The summed E-state index contributed by atoms with van der Waals surface area (Å²) in [5.74, 6) is -0.244. The van der Waals surface area contributed by atoms with Gasteiger partial charge in [-0.15, -0.1) is 0 Å². The molecule has 3 heteroatoms. The summed E-state index contributed by atoms with van der Waals surface area (Å²) in [6.07, 6.45) is 4.07. The van der Waals surface area contributed by atoms with Gasteiger partial charge in [-0.05, 0) is 20.8 Å². The van der Waals surface area contributed by atoms with Gasteiger partial charge in [-0.2, -0.15) is 0 Å². The van der Waals surface area contributed by atoms with Gasteiger partial charge >= 0.3 is 5.97 Å². The Labute approximate surface area is 128 Å². The van der Waals surface area contributed by atoms with E-state index in [1.165, 1.54) is 11.6 Å². The number of nitrogens with zero attached hydrogens (tertiary/aromatic N) is 1. The maximum absolute atomic E-state index is 11.3. The fourth-order valence-electron chi connectivity index (χ4n) is 2.57. The summed E-state index contributed by atoms with van der Waals surface area (Å²) in [7, 11) is 0. The van der Waals surface area contributed by atoms with Crippen LogP contribution in [0, 0.1) is 0 Å². The molecular formula is C18H28NO2+. The lowest BCUT2D eigenvalue weighted by atomic mass is 10.1. The maximum Gasteiger partial charge on any atom is 0.330 e. The van der Waals surface area contributed by atoms with Crippen LogP contribution in [0.2, 0.25) is 0 Å². The third-order valence-electron chi connectivity index (χ3n) is 4.03. The number of carbonyl (C=O) groups excluding carboxylic acids is 1. The highest BCUT2D eigenvalue weighted by molar-refractivity contribution is 5.81. The third kappa shape index (κ3) is 6.13. The van der Waals surface area contributed by atoms with Crippen LogP contribution in [0.1, 0.15) is 32.8 Å². The largest absolute Gasteiger partial charge is 0.462 e. The van der Waals surface area contributed by atoms with E-state index in [0.29, 0.717) is 6.61 Å². The average Bonchev–Trinajstić information content (AvgIpc) is 2.52. The summed E-state index contributed by atoms with van der Waals surface area (Å²) in [5, 5.41) is 0. The fraction of sp³-hybridized carbons (Fsp3) is 0.500. The van der Waals surface area contributed by atoms with E-state index in [0.717, 1.165) is 37.1 Å². The molecule has 0 saturated heterocycles. The SMILES string of the molecule is CC=CC(=O)OCCC[N+](CC)(CC)Cc1ccccc1. The van der Waals surface area contributed by atoms with Crippen molar-refractivity contribution in [2.45, 2.75) is 33.7 Å². The van der Waals surface area contributed by atoms with Crippen molar-refractivity contribution in [3.63, 3.8) is 0 Å². The van der Waals surface area contributed by atoms with Gasteiger partial charge in [0.05, 0.1) is 26.2 Å². The lowest BCUT2D eigenvalue weighted by molar-refractivity contribution is -0.938. The van der Waals surface area contributed by atoms with E-state index in [-0.39, 0.29) is 5.97 Å². The van der Waals surface area contributed by atoms with E-state index in [9.17, 15) is 4.79 Å². The van der Waals surface area contributed by atoms with Crippen LogP contribution < -0.4 is 0 Å². The van der Waals surface area contributed by atoms with Crippen molar-refractivity contribution in [1.29, 1.82) is 0 Å². The number of rotatable bonds is 9. The molecule has 0 aromatic heterocycles. The van der Waals surface area contributed by atoms with Gasteiger partial charge in [0.15, 0.2) is 0 Å². The molecule has 0 N–H and O–H groups in total. The Morgan fingerprint density at radius 3 is 2.43 bits per heavy atom. The van der Waals surface area contributed by atoms with E-state index < -0.39 is 0 Å². The van der Waals surface area contributed by atoms with Crippen LogP contribution in [0.15, 0.2) is 42.5 Å². The molecule has 0 bridgehead atoms. The van der Waals surface area contributed by atoms with Gasteiger partial charge in [0, 0.05) is 18.1 Å². The van der Waals surface area contributed by atoms with E-state index in [1.807, 2.05) is 6.92 Å². The first kappa shape index (κ1) is 17.4. The molecule has 0 radical (unpaired) electrons. The molecule has 0 aliphatic heterocycles. The molecule has 3 nitrogen and oxygen atoms in total. The van der Waals surface area contributed by atoms with Gasteiger partial charge in [-0.1, -0.05) is 36.4 Å². The Balaban J connectivity index is 2.50. The number of hydrogen-bond donors (Lipinski definition) is 0. The molecule has 0 unspecified atom stereocenters. The molecule has 0 atom stereocenters. The zero-order valence-electron chi connectivity index (χ0n) is 13.5. The second-order valence-corrected chi connectivity index (χ2v) is 5.36. The summed E-state index contributed by atoms with van der Waals surface area (Å²) in [6, 6.07) is 10.6. The molecule has 0 fully saturated rings. The van der Waals surface area contributed by atoms with Crippen molar-refractivity contribution in [3.8, 4) is 0 Å². The molecule has 0 amide bonds. The summed E-state index contributed by atoms with van der Waals surface area (Å²) < 4.78 is 6.21. The van der Waals surface area contributed by atoms with Gasteiger partial charge in [0.25, 0.3) is 0 Å². The fourth-order valence-corrected chi connectivity index (χ4v) is 2.57. The highest BCUT2D eigenvalue weighted by Gasteiger charge is 2.23. The smallest absolute Gasteiger partial charge is 0.330 e. The molecule has 0 heterocycles. The first-order valence-corrected chi connectivity index (χ1v) is 7.84. The number of ether oxygens (including phenoxy) is 1. The Morgan fingerprint density at radius 2 is 1.86 bits per heavy atom. The number of allylic oxidation sites excluding steroid dienone is 1. The van der Waals surface area contributed by atoms with Crippen molar-refractivity contribution in [2.24, 2.45) is 0 Å². The second-order valence-electron chi connectivity index (χ2n) is 5.36. The number of hydrogen-bond acceptors (Lipinski definition) is 2. The maximum atomic E-state index is 11.3. The monoisotopic (exact) mass is 290 g/mol. The normalized spacial score (nSPS) is 11.8. The third-order valence-corrected chi connectivity index (χ3v) is 4.03. The zero-order valence-corrected chi connectivity index (χ0v) is 13.5. The first-order valence-electron chi connectivity index (χ1n) is 7.84. The molecule has 0 saturated carbocycles. The van der Waals surface area contributed by atoms with E-state index >= 15 is 0 Å². The van der Waals surface area contributed by atoms with E-state index in [1.54, 1.807) is 6.08 Å². The van der Waals surface area contributed by atoms with Crippen LogP contribution in [0.5, 0.6) is 0 Å². The zero-order chi connectivity index (χ0) is 15.6. The van der Waals surface area contributed by atoms with Crippen molar-refractivity contribution in [3.05, 3.63) is 48.0 Å². The predicted molar refractivity (Wildman–Crippen MR) is 86.7 cm³/mol. The van der Waals surface area contributed by atoms with Crippen LogP contribution in [0.3, 0.4) is 0 Å². The van der Waals surface area contributed by atoms with Crippen molar-refractivity contribution < 1.29 is 14.0 Å². The van der Waals surface area contributed by atoms with Crippen LogP contribution in [-0.2, 0) is 16.1 Å². The van der Waals surface area contributed by atoms with Crippen LogP contribution in [0.25, 0.3) is 0 Å². The molecule has 0 aliphatic rings.